The summed E-state index contributed by atoms with van der Waals surface area (Å²) in [6, 6.07) is 1.87. The number of aromatic nitrogens is 2. The average Bonchev–Trinajstić information content (AvgIpc) is 2.78. The first-order valence-corrected chi connectivity index (χ1v) is 7.59. The molecule has 21 heavy (non-hydrogen) atoms. The van der Waals surface area contributed by atoms with Gasteiger partial charge in [0.15, 0.2) is 0 Å². The Labute approximate surface area is 123 Å². The number of rotatable bonds is 4. The van der Waals surface area contributed by atoms with Gasteiger partial charge in [0, 0.05) is 19.2 Å². The van der Waals surface area contributed by atoms with Crippen molar-refractivity contribution in [3.05, 3.63) is 17.5 Å². The van der Waals surface area contributed by atoms with Crippen molar-refractivity contribution in [3.63, 3.8) is 0 Å². The highest BCUT2D eigenvalue weighted by Gasteiger charge is 2.47. The Bertz CT molecular complexity index is 470. The second kappa shape index (κ2) is 6.38. The number of nitrogens with zero attached hydrogens (tertiary/aromatic N) is 2. The molecule has 1 saturated carbocycles. The number of aliphatic hydroxyl groups excluding tert-OH is 1. The van der Waals surface area contributed by atoms with E-state index < -0.39 is 24.1 Å². The summed E-state index contributed by atoms with van der Waals surface area (Å²) in [7, 11) is 1.77. The van der Waals surface area contributed by atoms with Crippen LogP contribution in [0, 0.1) is 11.8 Å². The van der Waals surface area contributed by atoms with E-state index in [0.717, 1.165) is 24.2 Å². The van der Waals surface area contributed by atoms with Gasteiger partial charge in [-0.25, -0.2) is 0 Å². The van der Waals surface area contributed by atoms with Gasteiger partial charge in [-0.3, -0.25) is 4.68 Å². The molecule has 2 rings (SSSR count). The molecule has 0 bridgehead atoms. The highest BCUT2D eigenvalue weighted by Crippen LogP contribution is 2.43. The molecule has 1 N–H and O–H groups in total. The van der Waals surface area contributed by atoms with Crippen molar-refractivity contribution in [3.8, 4) is 0 Å². The maximum Gasteiger partial charge on any atom is 0.392 e. The third kappa shape index (κ3) is 3.78. The summed E-state index contributed by atoms with van der Waals surface area (Å²) >= 11 is 0. The van der Waals surface area contributed by atoms with E-state index in [0.29, 0.717) is 12.8 Å². The Morgan fingerprint density at radius 3 is 2.62 bits per heavy atom. The number of halogens is 3. The van der Waals surface area contributed by atoms with Crippen LogP contribution >= 0.6 is 0 Å². The molecule has 3 nitrogen and oxygen atoms in total. The molecular weight excluding hydrogens is 281 g/mol. The number of aryl methyl sites for hydroxylation is 2. The van der Waals surface area contributed by atoms with Crippen molar-refractivity contribution in [2.45, 2.75) is 57.7 Å². The molecule has 0 radical (unpaired) electrons. The van der Waals surface area contributed by atoms with Crippen LogP contribution in [-0.2, 0) is 19.9 Å². The molecule has 0 saturated heterocycles. The molecule has 0 spiro atoms. The van der Waals surface area contributed by atoms with Gasteiger partial charge in [0.05, 0.1) is 17.7 Å². The fraction of sp³-hybridized carbons (Fsp3) is 0.800. The van der Waals surface area contributed by atoms with Gasteiger partial charge in [-0.05, 0) is 31.2 Å². The maximum atomic E-state index is 13.1. The summed E-state index contributed by atoms with van der Waals surface area (Å²) in [4.78, 5) is 0. The predicted molar refractivity (Wildman–Crippen MR) is 73.8 cm³/mol. The lowest BCUT2D eigenvalue weighted by atomic mass is 9.75. The highest BCUT2D eigenvalue weighted by atomic mass is 19.4. The first kappa shape index (κ1) is 16.3. The van der Waals surface area contributed by atoms with Crippen LogP contribution in [0.2, 0.25) is 0 Å². The van der Waals surface area contributed by atoms with E-state index in [1.807, 2.05) is 13.0 Å². The number of hydrogen-bond donors (Lipinski definition) is 1. The van der Waals surface area contributed by atoms with Gasteiger partial charge in [-0.2, -0.15) is 18.3 Å². The summed E-state index contributed by atoms with van der Waals surface area (Å²) in [5.74, 6) is -2.07. The summed E-state index contributed by atoms with van der Waals surface area (Å²) in [6.45, 7) is 1.98. The van der Waals surface area contributed by atoms with Crippen LogP contribution in [0.25, 0.3) is 0 Å². The molecule has 1 aliphatic carbocycles. The molecule has 1 aliphatic rings. The quantitative estimate of drug-likeness (QED) is 0.927. The van der Waals surface area contributed by atoms with Crippen LogP contribution in [-0.4, -0.2) is 27.2 Å². The van der Waals surface area contributed by atoms with E-state index in [1.165, 1.54) is 0 Å². The Hall–Kier alpha value is -1.04. The second-order valence-electron chi connectivity index (χ2n) is 5.97. The van der Waals surface area contributed by atoms with Crippen LogP contribution < -0.4 is 0 Å². The Morgan fingerprint density at radius 2 is 2.05 bits per heavy atom. The van der Waals surface area contributed by atoms with Gasteiger partial charge in [-0.1, -0.05) is 19.8 Å². The normalized spacial score (nSPS) is 25.0. The lowest BCUT2D eigenvalue weighted by Gasteiger charge is -2.36. The van der Waals surface area contributed by atoms with E-state index >= 15 is 0 Å². The molecule has 0 aliphatic heterocycles. The molecule has 0 amide bonds. The molecule has 120 valence electrons. The monoisotopic (exact) mass is 304 g/mol. The Balaban J connectivity index is 2.10. The maximum absolute atomic E-state index is 13.1. The zero-order chi connectivity index (χ0) is 15.6. The Morgan fingerprint density at radius 1 is 1.38 bits per heavy atom. The van der Waals surface area contributed by atoms with Crippen molar-refractivity contribution in [2.24, 2.45) is 18.9 Å². The molecule has 3 atom stereocenters. The fourth-order valence-corrected chi connectivity index (χ4v) is 3.33. The van der Waals surface area contributed by atoms with Crippen molar-refractivity contribution in [1.82, 2.24) is 9.78 Å². The van der Waals surface area contributed by atoms with Gasteiger partial charge in [0.25, 0.3) is 0 Å². The molecule has 6 heteroatoms. The summed E-state index contributed by atoms with van der Waals surface area (Å²) < 4.78 is 41.0. The van der Waals surface area contributed by atoms with Crippen molar-refractivity contribution >= 4 is 0 Å². The van der Waals surface area contributed by atoms with Crippen LogP contribution in [0.1, 0.15) is 44.0 Å². The molecule has 1 aromatic rings. The topological polar surface area (TPSA) is 38.0 Å². The Kier molecular flexibility index (Phi) is 4.96. The minimum absolute atomic E-state index is 0.136. The largest absolute Gasteiger partial charge is 0.392 e. The molecule has 1 fully saturated rings. The minimum Gasteiger partial charge on any atom is -0.392 e. The number of alkyl halides is 3. The van der Waals surface area contributed by atoms with E-state index in [2.05, 4.69) is 5.10 Å². The average molecular weight is 304 g/mol. The van der Waals surface area contributed by atoms with Crippen molar-refractivity contribution < 1.29 is 18.3 Å². The third-order valence-corrected chi connectivity index (χ3v) is 4.54. The first-order chi connectivity index (χ1) is 9.82. The smallest absolute Gasteiger partial charge is 0.392 e. The van der Waals surface area contributed by atoms with Crippen molar-refractivity contribution in [2.75, 3.05) is 0 Å². The lowest BCUT2D eigenvalue weighted by Crippen LogP contribution is -2.40. The molecule has 3 unspecified atom stereocenters. The first-order valence-electron chi connectivity index (χ1n) is 7.59. The fourth-order valence-electron chi connectivity index (χ4n) is 3.33. The van der Waals surface area contributed by atoms with Gasteiger partial charge in [0.2, 0.25) is 0 Å². The van der Waals surface area contributed by atoms with Crippen molar-refractivity contribution in [1.29, 1.82) is 0 Å². The zero-order valence-electron chi connectivity index (χ0n) is 12.5. The van der Waals surface area contributed by atoms with E-state index in [-0.39, 0.29) is 12.8 Å². The van der Waals surface area contributed by atoms with Gasteiger partial charge in [0.1, 0.15) is 0 Å². The summed E-state index contributed by atoms with van der Waals surface area (Å²) in [5.41, 5.74) is 1.70. The van der Waals surface area contributed by atoms with Crippen LogP contribution in [0.15, 0.2) is 6.07 Å². The number of aliphatic hydroxyl groups is 1. The molecular formula is C15H23F3N2O. The molecule has 0 aromatic carbocycles. The van der Waals surface area contributed by atoms with Gasteiger partial charge < -0.3 is 5.11 Å². The van der Waals surface area contributed by atoms with Gasteiger partial charge >= 0.3 is 6.18 Å². The van der Waals surface area contributed by atoms with E-state index in [1.54, 1.807) is 11.7 Å². The number of hydrogen-bond acceptors (Lipinski definition) is 2. The lowest BCUT2D eigenvalue weighted by molar-refractivity contribution is -0.206. The molecule has 1 aromatic heterocycles. The summed E-state index contributed by atoms with van der Waals surface area (Å²) in [5, 5.41) is 14.6. The van der Waals surface area contributed by atoms with Gasteiger partial charge in [-0.15, -0.1) is 0 Å². The van der Waals surface area contributed by atoms with E-state index in [9.17, 15) is 18.3 Å². The highest BCUT2D eigenvalue weighted by molar-refractivity contribution is 5.11. The standard InChI is InChI=1S/C15H23F3N2O/c1-3-10-8-11(20(2)19-10)9-14(21)12-6-4-5-7-13(12)15(16,17)18/h8,12-14,21H,3-7,9H2,1-2H3. The summed E-state index contributed by atoms with van der Waals surface area (Å²) in [6.07, 6.45) is -2.22. The van der Waals surface area contributed by atoms with E-state index in [4.69, 9.17) is 0 Å². The minimum atomic E-state index is -4.22. The predicted octanol–water partition coefficient (Wildman–Crippen LogP) is 3.25. The SMILES string of the molecule is CCc1cc(CC(O)C2CCCCC2C(F)(F)F)n(C)n1. The molecule has 1 heterocycles. The second-order valence-corrected chi connectivity index (χ2v) is 5.97. The van der Waals surface area contributed by atoms with Crippen LogP contribution in [0.3, 0.4) is 0 Å². The van der Waals surface area contributed by atoms with Crippen LogP contribution in [0.4, 0.5) is 13.2 Å². The van der Waals surface area contributed by atoms with Crippen LogP contribution in [0.5, 0.6) is 0 Å². The third-order valence-electron chi connectivity index (χ3n) is 4.54. The zero-order valence-corrected chi connectivity index (χ0v) is 12.5.